The second-order valence-electron chi connectivity index (χ2n) is 6.07. The minimum atomic E-state index is -0.398. The van der Waals surface area contributed by atoms with Gasteiger partial charge in [-0.15, -0.1) is 0 Å². The highest BCUT2D eigenvalue weighted by Gasteiger charge is 2.13. The number of hydrogen-bond acceptors (Lipinski definition) is 5. The van der Waals surface area contributed by atoms with Gasteiger partial charge in [-0.1, -0.05) is 5.16 Å². The molecule has 0 saturated carbocycles. The maximum Gasteiger partial charge on any atom is 0.319 e. The Morgan fingerprint density at radius 1 is 1.21 bits per heavy atom. The predicted molar refractivity (Wildman–Crippen MR) is 104 cm³/mol. The first-order chi connectivity index (χ1) is 13.5. The topological polar surface area (TPSA) is 93.2 Å². The number of aryl methyl sites for hydroxylation is 1. The smallest absolute Gasteiger partial charge is 0.319 e. The molecular weight excluding hydrogens is 431 g/mol. The number of halogens is 2. The van der Waals surface area contributed by atoms with Gasteiger partial charge in [0.2, 0.25) is 5.89 Å². The van der Waals surface area contributed by atoms with E-state index in [0.29, 0.717) is 32.6 Å². The third kappa shape index (κ3) is 3.89. The summed E-state index contributed by atoms with van der Waals surface area (Å²) in [7, 11) is 0. The van der Waals surface area contributed by atoms with E-state index in [1.807, 2.05) is 0 Å². The number of carbonyl (C=O) groups is 1. The number of anilines is 1. The molecule has 0 aliphatic carbocycles. The summed E-state index contributed by atoms with van der Waals surface area (Å²) >= 11 is 3.37. The number of hydrogen-bond donors (Lipinski definition) is 2. The SMILES string of the molecule is Cc1cc(CNC(=O)Nc2ccc3oc(-c4cc(F)ccc4Br)nc3c2)on1. The zero-order valence-electron chi connectivity index (χ0n) is 14.6. The quantitative estimate of drug-likeness (QED) is 0.461. The Bertz CT molecular complexity index is 1170. The average molecular weight is 445 g/mol. The van der Waals surface area contributed by atoms with Gasteiger partial charge in [-0.05, 0) is 59.3 Å². The second-order valence-corrected chi connectivity index (χ2v) is 6.92. The van der Waals surface area contributed by atoms with Crippen LogP contribution in [0.2, 0.25) is 0 Å². The first-order valence-corrected chi connectivity index (χ1v) is 9.10. The molecule has 2 amide bonds. The number of aromatic nitrogens is 2. The Morgan fingerprint density at radius 2 is 2.07 bits per heavy atom. The van der Waals surface area contributed by atoms with Crippen LogP contribution in [0.3, 0.4) is 0 Å². The van der Waals surface area contributed by atoms with Gasteiger partial charge in [0.25, 0.3) is 0 Å². The third-order valence-electron chi connectivity index (χ3n) is 3.90. The van der Waals surface area contributed by atoms with Crippen molar-refractivity contribution in [3.05, 3.63) is 64.2 Å². The molecule has 142 valence electrons. The molecule has 7 nitrogen and oxygen atoms in total. The minimum absolute atomic E-state index is 0.219. The summed E-state index contributed by atoms with van der Waals surface area (Å²) in [4.78, 5) is 16.5. The van der Waals surface area contributed by atoms with Crippen LogP contribution in [0.15, 0.2) is 55.9 Å². The molecule has 4 aromatic rings. The van der Waals surface area contributed by atoms with Crippen LogP contribution in [-0.2, 0) is 6.54 Å². The van der Waals surface area contributed by atoms with Crippen molar-refractivity contribution in [3.63, 3.8) is 0 Å². The molecular formula is C19H14BrFN4O3. The third-order valence-corrected chi connectivity index (χ3v) is 4.60. The summed E-state index contributed by atoms with van der Waals surface area (Å²) in [5, 5.41) is 9.16. The number of benzene rings is 2. The van der Waals surface area contributed by atoms with Gasteiger partial charge >= 0.3 is 6.03 Å². The van der Waals surface area contributed by atoms with Gasteiger partial charge in [0, 0.05) is 16.2 Å². The fourth-order valence-corrected chi connectivity index (χ4v) is 3.04. The van der Waals surface area contributed by atoms with Crippen molar-refractivity contribution >= 4 is 38.7 Å². The summed E-state index contributed by atoms with van der Waals surface area (Å²) in [6.07, 6.45) is 0. The highest BCUT2D eigenvalue weighted by Crippen LogP contribution is 2.31. The standard InChI is InChI=1S/C19H14BrFN4O3/c1-10-6-13(28-25-10)9-22-19(26)23-12-3-5-17-16(8-12)24-18(27-17)14-7-11(21)2-4-15(14)20/h2-8H,9H2,1H3,(H2,22,23,26). The molecule has 28 heavy (non-hydrogen) atoms. The molecule has 0 spiro atoms. The summed E-state index contributed by atoms with van der Waals surface area (Å²) in [5.74, 6) is 0.454. The fraction of sp³-hybridized carbons (Fsp3) is 0.105. The molecule has 0 unspecified atom stereocenters. The van der Waals surface area contributed by atoms with E-state index in [0.717, 1.165) is 5.69 Å². The summed E-state index contributed by atoms with van der Waals surface area (Å²) in [6.45, 7) is 2.02. The number of rotatable bonds is 4. The Labute approximate surface area is 167 Å². The highest BCUT2D eigenvalue weighted by molar-refractivity contribution is 9.10. The van der Waals surface area contributed by atoms with E-state index in [1.54, 1.807) is 37.3 Å². The van der Waals surface area contributed by atoms with Gasteiger partial charge in [0.05, 0.1) is 17.8 Å². The van der Waals surface area contributed by atoms with E-state index in [1.165, 1.54) is 12.1 Å². The number of oxazole rings is 1. The molecule has 2 aromatic heterocycles. The lowest BCUT2D eigenvalue weighted by Crippen LogP contribution is -2.27. The normalized spacial score (nSPS) is 11.0. The van der Waals surface area contributed by atoms with Gasteiger partial charge in [-0.3, -0.25) is 0 Å². The van der Waals surface area contributed by atoms with Crippen LogP contribution in [0.5, 0.6) is 0 Å². The zero-order valence-corrected chi connectivity index (χ0v) is 16.2. The number of amides is 2. The summed E-state index contributed by atoms with van der Waals surface area (Å²) in [6, 6.07) is 10.7. The first kappa shape index (κ1) is 18.2. The van der Waals surface area contributed by atoms with Crippen LogP contribution in [0, 0.1) is 12.7 Å². The van der Waals surface area contributed by atoms with Gasteiger partial charge in [0.15, 0.2) is 11.3 Å². The van der Waals surface area contributed by atoms with Gasteiger partial charge in [0.1, 0.15) is 11.3 Å². The minimum Gasteiger partial charge on any atom is -0.436 e. The predicted octanol–water partition coefficient (Wildman–Crippen LogP) is 5.01. The van der Waals surface area contributed by atoms with Crippen molar-refractivity contribution in [2.75, 3.05) is 5.32 Å². The number of nitrogens with zero attached hydrogens (tertiary/aromatic N) is 2. The van der Waals surface area contributed by atoms with Crippen molar-refractivity contribution in [2.24, 2.45) is 0 Å². The van der Waals surface area contributed by atoms with E-state index >= 15 is 0 Å². The summed E-state index contributed by atoms with van der Waals surface area (Å²) < 4.78 is 24.9. The van der Waals surface area contributed by atoms with Gasteiger partial charge in [-0.2, -0.15) is 0 Å². The van der Waals surface area contributed by atoms with E-state index in [2.05, 4.69) is 36.7 Å². The van der Waals surface area contributed by atoms with Crippen LogP contribution in [0.25, 0.3) is 22.6 Å². The molecule has 0 bridgehead atoms. The number of fused-ring (bicyclic) bond motifs is 1. The Morgan fingerprint density at radius 3 is 2.86 bits per heavy atom. The number of urea groups is 1. The first-order valence-electron chi connectivity index (χ1n) is 8.31. The summed E-state index contributed by atoms with van der Waals surface area (Å²) in [5.41, 5.74) is 2.85. The molecule has 0 aliphatic rings. The van der Waals surface area contributed by atoms with Crippen molar-refractivity contribution in [1.82, 2.24) is 15.5 Å². The molecule has 2 aromatic carbocycles. The maximum absolute atomic E-state index is 13.5. The number of nitrogens with one attached hydrogen (secondary N) is 2. The van der Waals surface area contributed by atoms with Crippen LogP contribution in [-0.4, -0.2) is 16.2 Å². The molecule has 4 rings (SSSR count). The molecule has 2 N–H and O–H groups in total. The highest BCUT2D eigenvalue weighted by atomic mass is 79.9. The van der Waals surface area contributed by atoms with Crippen molar-refractivity contribution in [2.45, 2.75) is 13.5 Å². The van der Waals surface area contributed by atoms with E-state index < -0.39 is 6.03 Å². The number of carbonyl (C=O) groups excluding carboxylic acids is 1. The van der Waals surface area contributed by atoms with Crippen molar-refractivity contribution < 1.29 is 18.1 Å². The van der Waals surface area contributed by atoms with Crippen LogP contribution in [0.4, 0.5) is 14.9 Å². The fourth-order valence-electron chi connectivity index (χ4n) is 2.62. The van der Waals surface area contributed by atoms with Crippen molar-refractivity contribution in [1.29, 1.82) is 0 Å². The molecule has 0 saturated heterocycles. The van der Waals surface area contributed by atoms with Crippen molar-refractivity contribution in [3.8, 4) is 11.5 Å². The van der Waals surface area contributed by atoms with Crippen LogP contribution >= 0.6 is 15.9 Å². The maximum atomic E-state index is 13.5. The molecule has 0 atom stereocenters. The molecule has 0 aliphatic heterocycles. The van der Waals surface area contributed by atoms with Gasteiger partial charge < -0.3 is 19.6 Å². The molecule has 9 heteroatoms. The molecule has 2 heterocycles. The lowest BCUT2D eigenvalue weighted by molar-refractivity contribution is 0.250. The van der Waals surface area contributed by atoms with Gasteiger partial charge in [-0.25, -0.2) is 14.2 Å². The second kappa shape index (κ2) is 7.43. The average Bonchev–Trinajstić information content (AvgIpc) is 3.27. The van der Waals surface area contributed by atoms with E-state index in [-0.39, 0.29) is 18.3 Å². The zero-order chi connectivity index (χ0) is 19.7. The monoisotopic (exact) mass is 444 g/mol. The Kier molecular flexibility index (Phi) is 4.82. The Hall–Kier alpha value is -3.20. The Balaban J connectivity index is 1.50. The largest absolute Gasteiger partial charge is 0.436 e. The van der Waals surface area contributed by atoms with Crippen LogP contribution in [0.1, 0.15) is 11.5 Å². The molecule has 0 fully saturated rings. The van der Waals surface area contributed by atoms with Crippen LogP contribution < -0.4 is 10.6 Å². The van der Waals surface area contributed by atoms with E-state index in [4.69, 9.17) is 8.94 Å². The molecule has 0 radical (unpaired) electrons. The lowest BCUT2D eigenvalue weighted by Gasteiger charge is -2.05. The lowest BCUT2D eigenvalue weighted by atomic mass is 10.2. The van der Waals surface area contributed by atoms with E-state index in [9.17, 15) is 9.18 Å².